The van der Waals surface area contributed by atoms with Crippen LogP contribution in [0.1, 0.15) is 30.9 Å². The first-order valence-corrected chi connectivity index (χ1v) is 11.3. The molecular formula is C25H37IN4O2. The van der Waals surface area contributed by atoms with Crippen LogP contribution in [-0.2, 0) is 17.9 Å². The van der Waals surface area contributed by atoms with Crippen LogP contribution in [0.4, 0.5) is 0 Å². The summed E-state index contributed by atoms with van der Waals surface area (Å²) in [4.78, 5) is 7.08. The molecule has 0 amide bonds. The highest BCUT2D eigenvalue weighted by Gasteiger charge is 2.20. The van der Waals surface area contributed by atoms with Crippen molar-refractivity contribution in [2.45, 2.75) is 45.1 Å². The number of halogens is 1. The summed E-state index contributed by atoms with van der Waals surface area (Å²) in [5.74, 6) is 0.770. The average Bonchev–Trinajstić information content (AvgIpc) is 2.80. The minimum atomic E-state index is -0.619. The normalized spacial score (nSPS) is 16.2. The fourth-order valence-corrected chi connectivity index (χ4v) is 3.73. The second-order valence-corrected chi connectivity index (χ2v) is 8.05. The van der Waals surface area contributed by atoms with Crippen molar-refractivity contribution in [3.05, 3.63) is 71.8 Å². The van der Waals surface area contributed by atoms with Crippen molar-refractivity contribution in [3.63, 3.8) is 0 Å². The van der Waals surface area contributed by atoms with Gasteiger partial charge in [-0.1, -0.05) is 60.7 Å². The van der Waals surface area contributed by atoms with Gasteiger partial charge < -0.3 is 20.5 Å². The average molecular weight is 553 g/mol. The molecule has 3 rings (SSSR count). The second-order valence-electron chi connectivity index (χ2n) is 8.05. The molecule has 0 radical (unpaired) electrons. The molecule has 2 aromatic carbocycles. The zero-order valence-electron chi connectivity index (χ0n) is 19.0. The van der Waals surface area contributed by atoms with E-state index >= 15 is 0 Å². The van der Waals surface area contributed by atoms with Crippen LogP contribution in [-0.4, -0.2) is 60.9 Å². The number of piperidine rings is 1. The van der Waals surface area contributed by atoms with Gasteiger partial charge in [0.25, 0.3) is 0 Å². The molecular weight excluding hydrogens is 515 g/mol. The Kier molecular flexibility index (Phi) is 12.6. The number of rotatable bonds is 10. The monoisotopic (exact) mass is 552 g/mol. The predicted molar refractivity (Wildman–Crippen MR) is 141 cm³/mol. The van der Waals surface area contributed by atoms with Crippen LogP contribution in [0, 0.1) is 0 Å². The maximum absolute atomic E-state index is 10.2. The Morgan fingerprint density at radius 2 is 1.69 bits per heavy atom. The van der Waals surface area contributed by atoms with Gasteiger partial charge in [0.2, 0.25) is 0 Å². The minimum absolute atomic E-state index is 0. The van der Waals surface area contributed by atoms with Crippen molar-refractivity contribution in [1.29, 1.82) is 0 Å². The maximum Gasteiger partial charge on any atom is 0.191 e. The fraction of sp³-hybridized carbons (Fsp3) is 0.480. The van der Waals surface area contributed by atoms with E-state index in [2.05, 4.69) is 57.8 Å². The first kappa shape index (κ1) is 26.6. The Balaban J connectivity index is 0.00000363. The summed E-state index contributed by atoms with van der Waals surface area (Å²) < 4.78 is 5.62. The largest absolute Gasteiger partial charge is 0.389 e. The number of hydrogen-bond acceptors (Lipinski definition) is 4. The van der Waals surface area contributed by atoms with Crippen LogP contribution in [0.5, 0.6) is 0 Å². The molecule has 1 saturated heterocycles. The standard InChI is InChI=1S/C25H36N4O2.HI/c1-2-26-25(27-17-24(30)20-31-19-22-11-7-4-8-12-22)28-23-13-15-29(16-14-23)18-21-9-5-3-6-10-21;/h3-12,23-24,30H,2,13-20H2,1H3,(H2,26,27,28);1H. The van der Waals surface area contributed by atoms with Crippen LogP contribution in [0.2, 0.25) is 0 Å². The van der Waals surface area contributed by atoms with E-state index in [0.717, 1.165) is 50.5 Å². The molecule has 0 aliphatic carbocycles. The van der Waals surface area contributed by atoms with Gasteiger partial charge in [-0.3, -0.25) is 9.89 Å². The Hall–Kier alpha value is -1.68. The molecule has 1 atom stereocenters. The molecule has 0 spiro atoms. The molecule has 6 nitrogen and oxygen atoms in total. The molecule has 3 N–H and O–H groups in total. The molecule has 1 heterocycles. The third-order valence-electron chi connectivity index (χ3n) is 5.40. The van der Waals surface area contributed by atoms with Gasteiger partial charge in [0.1, 0.15) is 0 Å². The topological polar surface area (TPSA) is 69.1 Å². The predicted octanol–water partition coefficient (Wildman–Crippen LogP) is 3.40. The van der Waals surface area contributed by atoms with Gasteiger partial charge in [0.05, 0.1) is 25.9 Å². The molecule has 0 bridgehead atoms. The van der Waals surface area contributed by atoms with E-state index in [9.17, 15) is 5.11 Å². The van der Waals surface area contributed by atoms with Gasteiger partial charge in [-0.05, 0) is 30.9 Å². The second kappa shape index (κ2) is 15.2. The van der Waals surface area contributed by atoms with E-state index < -0.39 is 6.10 Å². The third kappa shape index (κ3) is 9.85. The highest BCUT2D eigenvalue weighted by atomic mass is 127. The van der Waals surface area contributed by atoms with Crippen molar-refractivity contribution in [1.82, 2.24) is 15.5 Å². The molecule has 0 aromatic heterocycles. The van der Waals surface area contributed by atoms with Gasteiger partial charge >= 0.3 is 0 Å². The molecule has 176 valence electrons. The number of guanidine groups is 1. The number of ether oxygens (including phenoxy) is 1. The molecule has 7 heteroatoms. The minimum Gasteiger partial charge on any atom is -0.389 e. The Labute approximate surface area is 209 Å². The molecule has 0 saturated carbocycles. The summed E-state index contributed by atoms with van der Waals surface area (Å²) in [5.41, 5.74) is 2.47. The lowest BCUT2D eigenvalue weighted by atomic mass is 10.0. The number of likely N-dealkylation sites (tertiary alicyclic amines) is 1. The summed E-state index contributed by atoms with van der Waals surface area (Å²) in [6, 6.07) is 21.0. The number of hydrogen-bond donors (Lipinski definition) is 3. The molecule has 1 aliphatic heterocycles. The van der Waals surface area contributed by atoms with Crippen LogP contribution < -0.4 is 10.6 Å². The molecule has 2 aromatic rings. The smallest absolute Gasteiger partial charge is 0.191 e. The number of aliphatic hydroxyl groups is 1. The number of nitrogens with zero attached hydrogens (tertiary/aromatic N) is 2. The summed E-state index contributed by atoms with van der Waals surface area (Å²) in [6.07, 6.45) is 1.55. The molecule has 32 heavy (non-hydrogen) atoms. The van der Waals surface area contributed by atoms with E-state index in [4.69, 9.17) is 4.74 Å². The third-order valence-corrected chi connectivity index (χ3v) is 5.40. The molecule has 1 aliphatic rings. The Bertz CT molecular complexity index is 768. The van der Waals surface area contributed by atoms with Crippen LogP contribution in [0.3, 0.4) is 0 Å². The number of benzene rings is 2. The number of nitrogens with one attached hydrogen (secondary N) is 2. The summed E-state index contributed by atoms with van der Waals surface area (Å²) >= 11 is 0. The van der Waals surface area contributed by atoms with Crippen LogP contribution >= 0.6 is 24.0 Å². The van der Waals surface area contributed by atoms with E-state index in [-0.39, 0.29) is 30.6 Å². The van der Waals surface area contributed by atoms with Gasteiger partial charge in [-0.15, -0.1) is 24.0 Å². The molecule has 1 unspecified atom stereocenters. The van der Waals surface area contributed by atoms with E-state index in [0.29, 0.717) is 19.2 Å². The van der Waals surface area contributed by atoms with Gasteiger partial charge in [0, 0.05) is 32.2 Å². The zero-order chi connectivity index (χ0) is 21.7. The summed E-state index contributed by atoms with van der Waals surface area (Å²) in [5, 5.41) is 17.1. The van der Waals surface area contributed by atoms with E-state index in [1.807, 2.05) is 30.3 Å². The van der Waals surface area contributed by atoms with Crippen molar-refractivity contribution in [3.8, 4) is 0 Å². The van der Waals surface area contributed by atoms with Crippen molar-refractivity contribution in [2.75, 3.05) is 32.8 Å². The first-order chi connectivity index (χ1) is 15.2. The lowest BCUT2D eigenvalue weighted by Gasteiger charge is -2.33. The highest BCUT2D eigenvalue weighted by molar-refractivity contribution is 14.0. The van der Waals surface area contributed by atoms with Gasteiger partial charge in [-0.25, -0.2) is 0 Å². The Morgan fingerprint density at radius 3 is 2.31 bits per heavy atom. The van der Waals surface area contributed by atoms with E-state index in [1.54, 1.807) is 0 Å². The lowest BCUT2D eigenvalue weighted by molar-refractivity contribution is 0.0331. The Morgan fingerprint density at radius 1 is 1.06 bits per heavy atom. The van der Waals surface area contributed by atoms with Gasteiger partial charge in [-0.2, -0.15) is 0 Å². The maximum atomic E-state index is 10.2. The van der Waals surface area contributed by atoms with Crippen LogP contribution in [0.25, 0.3) is 0 Å². The van der Waals surface area contributed by atoms with Crippen LogP contribution in [0.15, 0.2) is 65.7 Å². The van der Waals surface area contributed by atoms with E-state index in [1.165, 1.54) is 5.56 Å². The van der Waals surface area contributed by atoms with Crippen molar-refractivity contribution < 1.29 is 9.84 Å². The zero-order valence-corrected chi connectivity index (χ0v) is 21.3. The lowest BCUT2D eigenvalue weighted by Crippen LogP contribution is -2.48. The first-order valence-electron chi connectivity index (χ1n) is 11.3. The highest BCUT2D eigenvalue weighted by Crippen LogP contribution is 2.13. The van der Waals surface area contributed by atoms with Gasteiger partial charge in [0.15, 0.2) is 5.96 Å². The number of aliphatic imine (C=N–C) groups is 1. The quantitative estimate of drug-likeness (QED) is 0.240. The SMILES string of the molecule is CCNC(=NCC(O)COCc1ccccc1)NC1CCN(Cc2ccccc2)CC1.I. The summed E-state index contributed by atoms with van der Waals surface area (Å²) in [6.45, 7) is 7.09. The fourth-order valence-electron chi connectivity index (χ4n) is 3.73. The van der Waals surface area contributed by atoms with Crippen molar-refractivity contribution >= 4 is 29.9 Å². The summed E-state index contributed by atoms with van der Waals surface area (Å²) in [7, 11) is 0. The van der Waals surface area contributed by atoms with Crippen molar-refractivity contribution in [2.24, 2.45) is 4.99 Å². The molecule has 1 fully saturated rings. The number of aliphatic hydroxyl groups excluding tert-OH is 1.